The summed E-state index contributed by atoms with van der Waals surface area (Å²) in [6.45, 7) is 4.33. The van der Waals surface area contributed by atoms with Crippen LogP contribution in [-0.2, 0) is 23.0 Å². The minimum Gasteiger partial charge on any atom is -0.349 e. The van der Waals surface area contributed by atoms with Gasteiger partial charge in [0.1, 0.15) is 5.82 Å². The molecule has 8 nitrogen and oxygen atoms in total. The molecule has 0 aliphatic carbocycles. The summed E-state index contributed by atoms with van der Waals surface area (Å²) in [6, 6.07) is 16.8. The highest BCUT2D eigenvalue weighted by Crippen LogP contribution is 2.27. The summed E-state index contributed by atoms with van der Waals surface area (Å²) in [4.78, 5) is 22.2. The van der Waals surface area contributed by atoms with Crippen molar-refractivity contribution < 1.29 is 13.2 Å². The molecule has 1 atom stereocenters. The average molecular weight is 478 g/mol. The van der Waals surface area contributed by atoms with E-state index >= 15 is 0 Å². The van der Waals surface area contributed by atoms with Crippen LogP contribution >= 0.6 is 0 Å². The topological polar surface area (TPSA) is 106 Å². The molecule has 0 aliphatic heterocycles. The molecule has 0 fully saturated rings. The van der Waals surface area contributed by atoms with Crippen molar-refractivity contribution in [2.75, 3.05) is 11.0 Å². The Morgan fingerprint density at radius 3 is 2.50 bits per heavy atom. The lowest BCUT2D eigenvalue weighted by Crippen LogP contribution is -2.34. The Labute approximate surface area is 199 Å². The monoisotopic (exact) mass is 477 g/mol. The molecular weight excluding hydrogens is 450 g/mol. The zero-order valence-electron chi connectivity index (χ0n) is 19.3. The number of fused-ring (bicyclic) bond motifs is 1. The van der Waals surface area contributed by atoms with Crippen molar-refractivity contribution in [3.05, 3.63) is 89.5 Å². The second-order valence-corrected chi connectivity index (χ2v) is 10.2. The summed E-state index contributed by atoms with van der Waals surface area (Å²) < 4.78 is 28.2. The summed E-state index contributed by atoms with van der Waals surface area (Å²) in [5.74, 6) is 0.431. The first kappa shape index (κ1) is 23.4. The van der Waals surface area contributed by atoms with E-state index in [1.807, 2.05) is 60.9 Å². The highest BCUT2D eigenvalue weighted by molar-refractivity contribution is 7.92. The van der Waals surface area contributed by atoms with Crippen LogP contribution in [0, 0.1) is 6.92 Å². The van der Waals surface area contributed by atoms with Gasteiger partial charge in [0.25, 0.3) is 5.91 Å². The van der Waals surface area contributed by atoms with Crippen LogP contribution in [0.15, 0.2) is 67.0 Å². The summed E-state index contributed by atoms with van der Waals surface area (Å²) >= 11 is 0. The lowest BCUT2D eigenvalue weighted by Gasteiger charge is -2.16. The average Bonchev–Trinajstić information content (AvgIpc) is 3.08. The Kier molecular flexibility index (Phi) is 6.65. The van der Waals surface area contributed by atoms with Crippen LogP contribution < -0.4 is 10.0 Å². The van der Waals surface area contributed by atoms with Crippen molar-refractivity contribution in [3.63, 3.8) is 0 Å². The lowest BCUT2D eigenvalue weighted by molar-refractivity contribution is 0.0941. The molecule has 0 spiro atoms. The number of carbonyl (C=O) groups is 1. The smallest absolute Gasteiger partial charge is 0.253 e. The number of sulfonamides is 1. The SMILES string of the molecule is Cc1nc2cc(NS(C)(=O)=O)cc(C(=O)NC(C)Cc3cccnc3)c2n1Cc1ccccc1. The van der Waals surface area contributed by atoms with Crippen molar-refractivity contribution in [1.29, 1.82) is 0 Å². The number of rotatable bonds is 8. The molecule has 2 heterocycles. The number of nitrogens with one attached hydrogen (secondary N) is 2. The van der Waals surface area contributed by atoms with Gasteiger partial charge < -0.3 is 9.88 Å². The van der Waals surface area contributed by atoms with Crippen LogP contribution in [0.2, 0.25) is 0 Å². The number of amides is 1. The molecule has 0 aliphatic rings. The molecule has 1 amide bonds. The largest absolute Gasteiger partial charge is 0.349 e. The first-order valence-corrected chi connectivity index (χ1v) is 12.8. The van der Waals surface area contributed by atoms with Gasteiger partial charge >= 0.3 is 0 Å². The van der Waals surface area contributed by atoms with Crippen LogP contribution in [0.1, 0.15) is 34.2 Å². The summed E-state index contributed by atoms with van der Waals surface area (Å²) in [6.07, 6.45) is 5.17. The fraction of sp³-hybridized carbons (Fsp3) is 0.240. The van der Waals surface area contributed by atoms with E-state index < -0.39 is 10.0 Å². The third kappa shape index (κ3) is 5.60. The van der Waals surface area contributed by atoms with Gasteiger partial charge in [-0.15, -0.1) is 0 Å². The minimum absolute atomic E-state index is 0.162. The van der Waals surface area contributed by atoms with E-state index in [1.54, 1.807) is 24.5 Å². The van der Waals surface area contributed by atoms with Gasteiger partial charge in [0.2, 0.25) is 10.0 Å². The van der Waals surface area contributed by atoms with Crippen molar-refractivity contribution in [2.45, 2.75) is 32.9 Å². The molecule has 2 N–H and O–H groups in total. The third-order valence-electron chi connectivity index (χ3n) is 5.41. The van der Waals surface area contributed by atoms with Crippen LogP contribution in [0.4, 0.5) is 5.69 Å². The van der Waals surface area contributed by atoms with E-state index in [2.05, 4.69) is 20.0 Å². The normalized spacial score (nSPS) is 12.4. The number of pyridine rings is 1. The van der Waals surface area contributed by atoms with Crippen molar-refractivity contribution >= 4 is 32.7 Å². The summed E-state index contributed by atoms with van der Waals surface area (Å²) in [5, 5.41) is 3.04. The van der Waals surface area contributed by atoms with Gasteiger partial charge in [-0.25, -0.2) is 13.4 Å². The predicted molar refractivity (Wildman–Crippen MR) is 133 cm³/mol. The maximum Gasteiger partial charge on any atom is 0.253 e. The molecule has 4 aromatic rings. The molecule has 0 radical (unpaired) electrons. The lowest BCUT2D eigenvalue weighted by atomic mass is 10.1. The Hall–Kier alpha value is -3.72. The number of imidazole rings is 1. The van der Waals surface area contributed by atoms with E-state index in [4.69, 9.17) is 0 Å². The number of hydrogen-bond acceptors (Lipinski definition) is 5. The molecule has 2 aromatic carbocycles. The zero-order valence-corrected chi connectivity index (χ0v) is 20.1. The Morgan fingerprint density at radius 2 is 1.82 bits per heavy atom. The molecule has 34 heavy (non-hydrogen) atoms. The summed E-state index contributed by atoms with van der Waals surface area (Å²) in [7, 11) is -3.53. The zero-order chi connectivity index (χ0) is 24.3. The molecule has 9 heteroatoms. The molecule has 4 rings (SSSR count). The number of anilines is 1. The van der Waals surface area contributed by atoms with Crippen LogP contribution in [0.25, 0.3) is 11.0 Å². The molecule has 2 aromatic heterocycles. The Morgan fingerprint density at radius 1 is 1.09 bits per heavy atom. The fourth-order valence-electron chi connectivity index (χ4n) is 4.02. The fourth-order valence-corrected chi connectivity index (χ4v) is 4.56. The maximum atomic E-state index is 13.4. The molecule has 0 saturated heterocycles. The number of aryl methyl sites for hydroxylation is 1. The molecule has 0 saturated carbocycles. The first-order chi connectivity index (χ1) is 16.2. The standard InChI is InChI=1S/C25H27N5O3S/c1-17(12-20-10-7-11-26-15-20)27-25(31)22-13-21(29-34(3,32)33)14-23-24(22)30(18(2)28-23)16-19-8-5-4-6-9-19/h4-11,13-15,17,29H,12,16H2,1-3H3,(H,27,31). The predicted octanol–water partition coefficient (Wildman–Crippen LogP) is 3.52. The van der Waals surface area contributed by atoms with Crippen molar-refractivity contribution in [2.24, 2.45) is 0 Å². The van der Waals surface area contributed by atoms with Crippen molar-refractivity contribution in [1.82, 2.24) is 19.9 Å². The third-order valence-corrected chi connectivity index (χ3v) is 6.01. The van der Waals surface area contributed by atoms with Gasteiger partial charge in [0.05, 0.1) is 28.5 Å². The minimum atomic E-state index is -3.53. The van der Waals surface area contributed by atoms with E-state index in [0.29, 0.717) is 35.2 Å². The van der Waals surface area contributed by atoms with E-state index in [9.17, 15) is 13.2 Å². The van der Waals surface area contributed by atoms with Crippen LogP contribution in [0.5, 0.6) is 0 Å². The second kappa shape index (κ2) is 9.64. The van der Waals surface area contributed by atoms with Crippen molar-refractivity contribution in [3.8, 4) is 0 Å². The van der Waals surface area contributed by atoms with Crippen LogP contribution in [-0.4, -0.2) is 41.2 Å². The first-order valence-electron chi connectivity index (χ1n) is 10.9. The molecule has 176 valence electrons. The van der Waals surface area contributed by atoms with Gasteiger partial charge in [-0.1, -0.05) is 36.4 Å². The second-order valence-electron chi connectivity index (χ2n) is 8.44. The Balaban J connectivity index is 1.74. The number of aromatic nitrogens is 3. The van der Waals surface area contributed by atoms with Gasteiger partial charge in [-0.3, -0.25) is 14.5 Å². The Bertz CT molecular complexity index is 1420. The van der Waals surface area contributed by atoms with Gasteiger partial charge in [0, 0.05) is 25.0 Å². The number of benzene rings is 2. The van der Waals surface area contributed by atoms with E-state index in [0.717, 1.165) is 23.2 Å². The van der Waals surface area contributed by atoms with Gasteiger partial charge in [-0.2, -0.15) is 0 Å². The summed E-state index contributed by atoms with van der Waals surface area (Å²) in [5.41, 5.74) is 3.94. The van der Waals surface area contributed by atoms with E-state index in [1.165, 1.54) is 0 Å². The maximum absolute atomic E-state index is 13.4. The van der Waals surface area contributed by atoms with Gasteiger partial charge in [-0.05, 0) is 49.6 Å². The number of hydrogen-bond donors (Lipinski definition) is 2. The number of nitrogens with zero attached hydrogens (tertiary/aromatic N) is 3. The van der Waals surface area contributed by atoms with Crippen LogP contribution in [0.3, 0.4) is 0 Å². The molecular formula is C25H27N5O3S. The van der Waals surface area contributed by atoms with Gasteiger partial charge in [0.15, 0.2) is 0 Å². The van der Waals surface area contributed by atoms with E-state index in [-0.39, 0.29) is 11.9 Å². The highest BCUT2D eigenvalue weighted by Gasteiger charge is 2.21. The quantitative estimate of drug-likeness (QED) is 0.404. The highest BCUT2D eigenvalue weighted by atomic mass is 32.2. The molecule has 0 bridgehead atoms. The molecule has 1 unspecified atom stereocenters. The number of carbonyl (C=O) groups excluding carboxylic acids is 1.